The smallest absolute Gasteiger partial charge is 0.335 e. The lowest BCUT2D eigenvalue weighted by Crippen LogP contribution is -2.13. The summed E-state index contributed by atoms with van der Waals surface area (Å²) in [4.78, 5) is 10.6. The van der Waals surface area contributed by atoms with Crippen molar-refractivity contribution in [3.63, 3.8) is 0 Å². The van der Waals surface area contributed by atoms with Gasteiger partial charge < -0.3 is 9.84 Å². The second kappa shape index (κ2) is 6.66. The van der Waals surface area contributed by atoms with Gasteiger partial charge in [0.05, 0.1) is 22.7 Å². The summed E-state index contributed by atoms with van der Waals surface area (Å²) in [7, 11) is -2.61. The maximum atomic E-state index is 12.4. The highest BCUT2D eigenvalue weighted by Gasteiger charge is 2.21. The van der Waals surface area contributed by atoms with Crippen LogP contribution in [0, 0.1) is 0 Å². The third-order valence-corrected chi connectivity index (χ3v) is 5.02. The molecule has 2 aromatic carbocycles. The molecule has 0 unspecified atom stereocenters. The fourth-order valence-corrected chi connectivity index (χ4v) is 3.67. The first-order valence-corrected chi connectivity index (χ1v) is 8.37. The van der Waals surface area contributed by atoms with E-state index in [1.54, 1.807) is 0 Å². The zero-order chi connectivity index (χ0) is 17.2. The van der Waals surface area contributed by atoms with Gasteiger partial charge in [-0.3, -0.25) is 4.72 Å². The van der Waals surface area contributed by atoms with E-state index in [2.05, 4.69) is 4.72 Å². The van der Waals surface area contributed by atoms with Gasteiger partial charge in [-0.05, 0) is 30.3 Å². The van der Waals surface area contributed by atoms with E-state index in [9.17, 15) is 13.2 Å². The number of nitrogens with one attached hydrogen (secondary N) is 1. The second-order valence-electron chi connectivity index (χ2n) is 4.41. The van der Waals surface area contributed by atoms with Crippen molar-refractivity contribution >= 4 is 44.9 Å². The summed E-state index contributed by atoms with van der Waals surface area (Å²) in [5.41, 5.74) is 0.233. The Morgan fingerprint density at radius 3 is 2.26 bits per heavy atom. The summed E-state index contributed by atoms with van der Waals surface area (Å²) in [5.74, 6) is -0.856. The highest BCUT2D eigenvalue weighted by molar-refractivity contribution is 7.92. The van der Waals surface area contributed by atoms with Gasteiger partial charge in [0.15, 0.2) is 0 Å². The Morgan fingerprint density at radius 2 is 1.74 bits per heavy atom. The Balaban J connectivity index is 2.35. The van der Waals surface area contributed by atoms with Gasteiger partial charge in [-0.25, -0.2) is 13.2 Å². The molecule has 0 spiro atoms. The van der Waals surface area contributed by atoms with Crippen molar-refractivity contribution in [2.45, 2.75) is 4.90 Å². The molecular weight excluding hydrogens is 365 g/mol. The first kappa shape index (κ1) is 17.4. The molecule has 23 heavy (non-hydrogen) atoms. The number of halogens is 2. The SMILES string of the molecule is COc1cc(Cl)c(S(=O)(=O)Nc2ccc(C(=O)O)cc2)cc1Cl. The van der Waals surface area contributed by atoms with Crippen LogP contribution in [-0.4, -0.2) is 26.6 Å². The highest BCUT2D eigenvalue weighted by atomic mass is 35.5. The third kappa shape index (κ3) is 3.87. The van der Waals surface area contributed by atoms with Crippen LogP contribution in [0.2, 0.25) is 10.0 Å². The summed E-state index contributed by atoms with van der Waals surface area (Å²) in [6, 6.07) is 7.70. The number of hydrogen-bond acceptors (Lipinski definition) is 4. The highest BCUT2D eigenvalue weighted by Crippen LogP contribution is 2.34. The van der Waals surface area contributed by atoms with Crippen LogP contribution >= 0.6 is 23.2 Å². The van der Waals surface area contributed by atoms with E-state index in [0.29, 0.717) is 0 Å². The van der Waals surface area contributed by atoms with Gasteiger partial charge in [-0.15, -0.1) is 0 Å². The van der Waals surface area contributed by atoms with E-state index in [0.717, 1.165) is 0 Å². The summed E-state index contributed by atoms with van der Waals surface area (Å²) in [5, 5.41) is 8.86. The van der Waals surface area contributed by atoms with Crippen LogP contribution in [0.1, 0.15) is 10.4 Å². The minimum atomic E-state index is -3.99. The van der Waals surface area contributed by atoms with E-state index < -0.39 is 16.0 Å². The molecule has 0 heterocycles. The normalized spacial score (nSPS) is 11.1. The van der Waals surface area contributed by atoms with Crippen molar-refractivity contribution in [2.75, 3.05) is 11.8 Å². The molecule has 0 aromatic heterocycles. The van der Waals surface area contributed by atoms with Gasteiger partial charge in [-0.1, -0.05) is 23.2 Å². The standard InChI is InChI=1S/C14H11Cl2NO5S/c1-22-12-6-11(16)13(7-10(12)15)23(20,21)17-9-4-2-8(3-5-9)14(18)19/h2-7,17H,1H3,(H,18,19). The van der Waals surface area contributed by atoms with Crippen molar-refractivity contribution in [1.29, 1.82) is 0 Å². The maximum absolute atomic E-state index is 12.4. The van der Waals surface area contributed by atoms with Crippen LogP contribution in [0.4, 0.5) is 5.69 Å². The third-order valence-electron chi connectivity index (χ3n) is 2.88. The summed E-state index contributed by atoms with van der Waals surface area (Å²) in [6.07, 6.45) is 0. The first-order chi connectivity index (χ1) is 10.7. The molecule has 0 aliphatic heterocycles. The Morgan fingerprint density at radius 1 is 1.13 bits per heavy atom. The monoisotopic (exact) mass is 375 g/mol. The van der Waals surface area contributed by atoms with E-state index in [1.165, 1.54) is 43.5 Å². The van der Waals surface area contributed by atoms with Gasteiger partial charge >= 0.3 is 5.97 Å². The minimum absolute atomic E-state index is 0.0403. The van der Waals surface area contributed by atoms with Crippen molar-refractivity contribution in [1.82, 2.24) is 0 Å². The van der Waals surface area contributed by atoms with Crippen molar-refractivity contribution < 1.29 is 23.1 Å². The number of carbonyl (C=O) groups is 1. The fourth-order valence-electron chi connectivity index (χ4n) is 1.76. The number of aromatic carboxylic acids is 1. The van der Waals surface area contributed by atoms with Crippen LogP contribution in [0.25, 0.3) is 0 Å². The summed E-state index contributed by atoms with van der Waals surface area (Å²) < 4.78 is 32.0. The lowest BCUT2D eigenvalue weighted by Gasteiger charge is -2.12. The topological polar surface area (TPSA) is 92.7 Å². The minimum Gasteiger partial charge on any atom is -0.495 e. The second-order valence-corrected chi connectivity index (χ2v) is 6.87. The number of rotatable bonds is 5. The van der Waals surface area contributed by atoms with Gasteiger partial charge in [-0.2, -0.15) is 0 Å². The molecule has 0 atom stereocenters. The van der Waals surface area contributed by atoms with Crippen LogP contribution in [-0.2, 0) is 10.0 Å². The quantitative estimate of drug-likeness (QED) is 0.833. The molecular formula is C14H11Cl2NO5S. The van der Waals surface area contributed by atoms with E-state index >= 15 is 0 Å². The molecule has 2 rings (SSSR count). The number of sulfonamides is 1. The number of methoxy groups -OCH3 is 1. The molecule has 0 radical (unpaired) electrons. The molecule has 2 aromatic rings. The molecule has 2 N–H and O–H groups in total. The van der Waals surface area contributed by atoms with Gasteiger partial charge in [0.1, 0.15) is 10.6 Å². The Kier molecular flexibility index (Phi) is 5.03. The number of anilines is 1. The molecule has 0 aliphatic rings. The largest absolute Gasteiger partial charge is 0.495 e. The average Bonchev–Trinajstić information content (AvgIpc) is 2.49. The average molecular weight is 376 g/mol. The number of carboxylic acid groups (broad SMARTS) is 1. The van der Waals surface area contributed by atoms with Crippen molar-refractivity contribution in [3.8, 4) is 5.75 Å². The van der Waals surface area contributed by atoms with Gasteiger partial charge in [0.25, 0.3) is 10.0 Å². The van der Waals surface area contributed by atoms with Gasteiger partial charge in [0.2, 0.25) is 0 Å². The molecule has 0 amide bonds. The number of benzene rings is 2. The zero-order valence-corrected chi connectivity index (χ0v) is 14.0. The van der Waals surface area contributed by atoms with Crippen LogP contribution in [0.5, 0.6) is 5.75 Å². The van der Waals surface area contributed by atoms with Crippen molar-refractivity contribution in [3.05, 3.63) is 52.0 Å². The molecule has 9 heteroatoms. The number of hydrogen-bond donors (Lipinski definition) is 2. The predicted molar refractivity (Wildman–Crippen MR) is 87.2 cm³/mol. The molecule has 0 aliphatic carbocycles. The summed E-state index contributed by atoms with van der Waals surface area (Å²) in [6.45, 7) is 0. The zero-order valence-electron chi connectivity index (χ0n) is 11.7. The van der Waals surface area contributed by atoms with Crippen LogP contribution < -0.4 is 9.46 Å². The molecule has 6 nitrogen and oxygen atoms in total. The number of carboxylic acids is 1. The molecule has 0 saturated carbocycles. The predicted octanol–water partition coefficient (Wildman–Crippen LogP) is 3.50. The van der Waals surface area contributed by atoms with E-state index in [-0.39, 0.29) is 31.9 Å². The fraction of sp³-hybridized carbons (Fsp3) is 0.0714. The van der Waals surface area contributed by atoms with Gasteiger partial charge in [0, 0.05) is 11.8 Å². The lowest BCUT2D eigenvalue weighted by molar-refractivity contribution is 0.0697. The molecule has 0 fully saturated rings. The lowest BCUT2D eigenvalue weighted by atomic mass is 10.2. The number of ether oxygens (including phenoxy) is 1. The Bertz CT molecular complexity index is 850. The molecule has 0 saturated heterocycles. The Labute approximate surface area is 142 Å². The summed E-state index contributed by atoms with van der Waals surface area (Å²) >= 11 is 11.9. The maximum Gasteiger partial charge on any atom is 0.335 e. The van der Waals surface area contributed by atoms with Crippen LogP contribution in [0.3, 0.4) is 0 Å². The van der Waals surface area contributed by atoms with Crippen molar-refractivity contribution in [2.24, 2.45) is 0 Å². The van der Waals surface area contributed by atoms with E-state index in [1.807, 2.05) is 0 Å². The van der Waals surface area contributed by atoms with Crippen LogP contribution in [0.15, 0.2) is 41.3 Å². The molecule has 122 valence electrons. The van der Waals surface area contributed by atoms with E-state index in [4.69, 9.17) is 33.0 Å². The first-order valence-electron chi connectivity index (χ1n) is 6.14. The molecule has 0 bridgehead atoms. The Hall–Kier alpha value is -1.96.